The second-order valence-corrected chi connectivity index (χ2v) is 8.84. The van der Waals surface area contributed by atoms with Crippen molar-refractivity contribution in [3.05, 3.63) is 86.5 Å². The van der Waals surface area contributed by atoms with Crippen LogP contribution < -0.4 is 5.32 Å². The smallest absolute Gasteiger partial charge is 0.339 e. The Balaban J connectivity index is 2.18. The zero-order valence-corrected chi connectivity index (χ0v) is 19.5. The number of nitro benzene ring substituents is 2. The van der Waals surface area contributed by atoms with E-state index in [1.165, 1.54) is 50.4 Å². The van der Waals surface area contributed by atoms with E-state index < -0.39 is 21.7 Å². The number of carbonyl (C=O) groups is 2. The van der Waals surface area contributed by atoms with Crippen molar-refractivity contribution in [2.45, 2.75) is 26.5 Å². The first-order valence-electron chi connectivity index (χ1n) is 9.57. The molecule has 0 bridgehead atoms. The van der Waals surface area contributed by atoms with Crippen molar-refractivity contribution in [2.24, 2.45) is 0 Å². The number of nitrogens with zero attached hydrogens (tertiary/aromatic N) is 2. The van der Waals surface area contributed by atoms with Gasteiger partial charge < -0.3 is 10.1 Å². The first-order valence-corrected chi connectivity index (χ1v) is 11.2. The summed E-state index contributed by atoms with van der Waals surface area (Å²) < 4.78 is 4.90. The molecule has 0 saturated carbocycles. The Bertz CT molecular complexity index is 1300. The summed E-state index contributed by atoms with van der Waals surface area (Å²) in [5.41, 5.74) is -0.0420. The number of carbonyl (C=O) groups excluding carboxylic acids is 2. The fraction of sp³-hybridized carbons (Fsp3) is 0.0909. The van der Waals surface area contributed by atoms with Crippen LogP contribution in [0.25, 0.3) is 0 Å². The third-order valence-corrected chi connectivity index (χ3v) is 6.59. The zero-order chi connectivity index (χ0) is 24.8. The maximum atomic E-state index is 12.7. The SMILES string of the molecule is COC(=O)c1cc(Sc2ccccc2[N+](=O)[O-])cc(NC(C)=O)c1Sc1ccccc1[N+](=O)[O-]. The summed E-state index contributed by atoms with van der Waals surface area (Å²) >= 11 is 1.96. The minimum atomic E-state index is -0.738. The van der Waals surface area contributed by atoms with Crippen LogP contribution in [0.5, 0.6) is 0 Å². The second-order valence-electron chi connectivity index (χ2n) is 6.67. The lowest BCUT2D eigenvalue weighted by molar-refractivity contribution is -0.387. The van der Waals surface area contributed by atoms with Crippen molar-refractivity contribution in [3.63, 3.8) is 0 Å². The normalized spacial score (nSPS) is 10.4. The number of amides is 1. The minimum Gasteiger partial charge on any atom is -0.465 e. The van der Waals surface area contributed by atoms with E-state index in [1.54, 1.807) is 24.3 Å². The maximum absolute atomic E-state index is 12.7. The standard InChI is InChI=1S/C22H17N3O7S2/c1-13(26)23-16-12-14(33-19-9-5-3-7-17(19)24(28)29)11-15(22(27)32-2)21(16)34-20-10-6-4-8-18(20)25(30)31/h3-12H,1-2H3,(H,23,26). The van der Waals surface area contributed by atoms with Crippen molar-refractivity contribution in [2.75, 3.05) is 12.4 Å². The van der Waals surface area contributed by atoms with Crippen molar-refractivity contribution in [1.82, 2.24) is 0 Å². The van der Waals surface area contributed by atoms with Crippen LogP contribution in [-0.4, -0.2) is 28.8 Å². The molecule has 0 radical (unpaired) electrons. The Kier molecular flexibility index (Phi) is 7.87. The van der Waals surface area contributed by atoms with Crippen LogP contribution >= 0.6 is 23.5 Å². The molecule has 1 amide bonds. The predicted octanol–water partition coefficient (Wildman–Crippen LogP) is 5.55. The van der Waals surface area contributed by atoms with Gasteiger partial charge >= 0.3 is 5.97 Å². The Morgan fingerprint density at radius 1 is 0.882 bits per heavy atom. The van der Waals surface area contributed by atoms with Crippen LogP contribution in [0.15, 0.2) is 80.2 Å². The Morgan fingerprint density at radius 2 is 1.41 bits per heavy atom. The van der Waals surface area contributed by atoms with Gasteiger partial charge in [0.05, 0.1) is 42.9 Å². The molecule has 1 N–H and O–H groups in total. The lowest BCUT2D eigenvalue weighted by atomic mass is 10.2. The highest BCUT2D eigenvalue weighted by Gasteiger charge is 2.24. The molecule has 34 heavy (non-hydrogen) atoms. The number of nitrogens with one attached hydrogen (secondary N) is 1. The van der Waals surface area contributed by atoms with E-state index in [0.29, 0.717) is 9.79 Å². The molecule has 0 aromatic heterocycles. The van der Waals surface area contributed by atoms with Gasteiger partial charge in [0.2, 0.25) is 5.91 Å². The summed E-state index contributed by atoms with van der Waals surface area (Å²) in [7, 11) is 1.18. The quantitative estimate of drug-likeness (QED) is 0.240. The highest BCUT2D eigenvalue weighted by Crippen LogP contribution is 2.44. The number of benzene rings is 3. The van der Waals surface area contributed by atoms with Crippen LogP contribution in [0.2, 0.25) is 0 Å². The highest BCUT2D eigenvalue weighted by molar-refractivity contribution is 8.00. The molecule has 3 rings (SSSR count). The monoisotopic (exact) mass is 499 g/mol. The topological polar surface area (TPSA) is 142 Å². The fourth-order valence-electron chi connectivity index (χ4n) is 2.94. The summed E-state index contributed by atoms with van der Waals surface area (Å²) in [6.45, 7) is 1.28. The van der Waals surface area contributed by atoms with Crippen molar-refractivity contribution < 1.29 is 24.2 Å². The predicted molar refractivity (Wildman–Crippen MR) is 127 cm³/mol. The second kappa shape index (κ2) is 10.8. The molecule has 0 aliphatic rings. The summed E-state index contributed by atoms with van der Waals surface area (Å²) in [6.07, 6.45) is 0. The Labute approximate surface area is 202 Å². The zero-order valence-electron chi connectivity index (χ0n) is 17.8. The number of ether oxygens (including phenoxy) is 1. The first-order chi connectivity index (χ1) is 16.2. The average molecular weight is 500 g/mol. The van der Waals surface area contributed by atoms with E-state index in [9.17, 15) is 29.8 Å². The number of anilines is 1. The number of methoxy groups -OCH3 is 1. The molecule has 0 heterocycles. The Morgan fingerprint density at radius 3 is 1.91 bits per heavy atom. The average Bonchev–Trinajstić information content (AvgIpc) is 2.80. The van der Waals surface area contributed by atoms with Gasteiger partial charge in [-0.1, -0.05) is 47.8 Å². The van der Waals surface area contributed by atoms with Gasteiger partial charge in [0.25, 0.3) is 11.4 Å². The molecular weight excluding hydrogens is 482 g/mol. The van der Waals surface area contributed by atoms with Gasteiger partial charge in [0.15, 0.2) is 0 Å². The van der Waals surface area contributed by atoms with Crippen LogP contribution in [0.1, 0.15) is 17.3 Å². The number of hydrogen-bond donors (Lipinski definition) is 1. The minimum absolute atomic E-state index is 0.0398. The van der Waals surface area contributed by atoms with Crippen molar-refractivity contribution in [3.8, 4) is 0 Å². The molecule has 12 heteroatoms. The summed E-state index contributed by atoms with van der Waals surface area (Å²) in [5.74, 6) is -1.18. The van der Waals surface area contributed by atoms with E-state index >= 15 is 0 Å². The fourth-order valence-corrected chi connectivity index (χ4v) is 5.03. The molecule has 0 spiro atoms. The van der Waals surface area contributed by atoms with E-state index in [2.05, 4.69) is 5.32 Å². The molecule has 0 aliphatic heterocycles. The van der Waals surface area contributed by atoms with Crippen LogP contribution in [0.3, 0.4) is 0 Å². The number of nitro groups is 2. The molecule has 0 unspecified atom stereocenters. The maximum Gasteiger partial charge on any atom is 0.339 e. The van der Waals surface area contributed by atoms with Gasteiger partial charge in [-0.15, -0.1) is 0 Å². The van der Waals surface area contributed by atoms with Crippen LogP contribution in [0, 0.1) is 20.2 Å². The largest absolute Gasteiger partial charge is 0.465 e. The van der Waals surface area contributed by atoms with Gasteiger partial charge in [-0.05, 0) is 24.3 Å². The van der Waals surface area contributed by atoms with Gasteiger partial charge in [-0.2, -0.15) is 0 Å². The van der Waals surface area contributed by atoms with E-state index in [0.717, 1.165) is 23.5 Å². The van der Waals surface area contributed by atoms with Gasteiger partial charge in [0.1, 0.15) is 0 Å². The molecular formula is C22H17N3O7S2. The van der Waals surface area contributed by atoms with Crippen LogP contribution in [-0.2, 0) is 9.53 Å². The van der Waals surface area contributed by atoms with Crippen molar-refractivity contribution in [1.29, 1.82) is 0 Å². The highest BCUT2D eigenvalue weighted by atomic mass is 32.2. The lowest BCUT2D eigenvalue weighted by Gasteiger charge is -2.16. The van der Waals surface area contributed by atoms with E-state index in [1.807, 2.05) is 0 Å². The summed E-state index contributed by atoms with van der Waals surface area (Å²) in [4.78, 5) is 47.6. The Hall–Kier alpha value is -3.90. The van der Waals surface area contributed by atoms with Gasteiger partial charge in [0, 0.05) is 24.0 Å². The third-order valence-electron chi connectivity index (χ3n) is 4.34. The molecule has 3 aromatic carbocycles. The molecule has 10 nitrogen and oxygen atoms in total. The summed E-state index contributed by atoms with van der Waals surface area (Å²) in [5, 5.41) is 25.5. The molecule has 0 fully saturated rings. The molecule has 0 atom stereocenters. The molecule has 174 valence electrons. The number of hydrogen-bond acceptors (Lipinski definition) is 9. The number of esters is 1. The van der Waals surface area contributed by atoms with E-state index in [4.69, 9.17) is 4.74 Å². The van der Waals surface area contributed by atoms with Gasteiger partial charge in [-0.25, -0.2) is 4.79 Å². The van der Waals surface area contributed by atoms with E-state index in [-0.39, 0.29) is 32.4 Å². The van der Waals surface area contributed by atoms with Crippen molar-refractivity contribution >= 4 is 52.5 Å². The summed E-state index contributed by atoms with van der Waals surface area (Å²) in [6, 6.07) is 15.1. The molecule has 0 saturated heterocycles. The molecule has 0 aliphatic carbocycles. The molecule has 3 aromatic rings. The number of para-hydroxylation sites is 2. The lowest BCUT2D eigenvalue weighted by Crippen LogP contribution is -2.11. The number of rotatable bonds is 8. The first kappa shape index (κ1) is 24.7. The third kappa shape index (κ3) is 5.71. The van der Waals surface area contributed by atoms with Crippen LogP contribution in [0.4, 0.5) is 17.1 Å². The van der Waals surface area contributed by atoms with Gasteiger partial charge in [-0.3, -0.25) is 25.0 Å².